The average molecular weight is 373 g/mol. The topological polar surface area (TPSA) is 0 Å². The van der Waals surface area contributed by atoms with Crippen LogP contribution in [0.5, 0.6) is 0 Å². The van der Waals surface area contributed by atoms with Crippen LogP contribution in [0.15, 0.2) is 54.6 Å². The maximum absolute atomic E-state index is 14.7. The van der Waals surface area contributed by atoms with E-state index in [0.717, 1.165) is 47.8 Å². The molecule has 1 heteroatoms. The largest absolute Gasteiger partial charge is 0.206 e. The Morgan fingerprint density at radius 1 is 0.714 bits per heavy atom. The standard InChI is InChI=1S/C27H29F/c1-3-5-7-8-21-10-12-22(13-11-21)14-15-23-16-19-26-25(20-23)18-17-24(27(26)28)9-6-4-2/h10-13,16-20H,3-9H2,1-2H3. The Morgan fingerprint density at radius 3 is 2.18 bits per heavy atom. The molecule has 0 unspecified atom stereocenters. The highest BCUT2D eigenvalue weighted by atomic mass is 19.1. The SMILES string of the molecule is CCCCCc1ccc(C#Cc2ccc3c(F)c(CCCC)ccc3c2)cc1. The van der Waals surface area contributed by atoms with Gasteiger partial charge in [0, 0.05) is 16.5 Å². The van der Waals surface area contributed by atoms with Gasteiger partial charge in [0.15, 0.2) is 0 Å². The summed E-state index contributed by atoms with van der Waals surface area (Å²) < 4.78 is 14.7. The first-order valence-electron chi connectivity index (χ1n) is 10.5. The van der Waals surface area contributed by atoms with Crippen LogP contribution in [0.4, 0.5) is 4.39 Å². The first-order valence-corrected chi connectivity index (χ1v) is 10.5. The van der Waals surface area contributed by atoms with E-state index in [9.17, 15) is 4.39 Å². The maximum Gasteiger partial charge on any atom is 0.134 e. The Bertz CT molecular complexity index is 971. The molecule has 0 aliphatic rings. The zero-order valence-electron chi connectivity index (χ0n) is 17.0. The molecule has 0 nitrogen and oxygen atoms in total. The van der Waals surface area contributed by atoms with Gasteiger partial charge in [0.25, 0.3) is 0 Å². The van der Waals surface area contributed by atoms with Crippen molar-refractivity contribution >= 4 is 10.8 Å². The minimum Gasteiger partial charge on any atom is -0.206 e. The van der Waals surface area contributed by atoms with Gasteiger partial charge in [-0.15, -0.1) is 0 Å². The number of rotatable bonds is 7. The molecule has 0 fully saturated rings. The number of fused-ring (bicyclic) bond motifs is 1. The number of aryl methyl sites for hydroxylation is 2. The molecule has 0 atom stereocenters. The number of halogens is 1. The minimum atomic E-state index is -0.0795. The molecule has 0 aromatic heterocycles. The van der Waals surface area contributed by atoms with Crippen molar-refractivity contribution in [3.63, 3.8) is 0 Å². The van der Waals surface area contributed by atoms with Crippen LogP contribution in [0.1, 0.15) is 68.2 Å². The molecule has 0 radical (unpaired) electrons. The fourth-order valence-corrected chi connectivity index (χ4v) is 3.45. The Labute approximate surface area is 168 Å². The van der Waals surface area contributed by atoms with Gasteiger partial charge in [0.05, 0.1) is 0 Å². The summed E-state index contributed by atoms with van der Waals surface area (Å²) in [5.41, 5.74) is 4.12. The van der Waals surface area contributed by atoms with E-state index >= 15 is 0 Å². The van der Waals surface area contributed by atoms with Gasteiger partial charge in [-0.05, 0) is 66.5 Å². The summed E-state index contributed by atoms with van der Waals surface area (Å²) in [5.74, 6) is 6.37. The van der Waals surface area contributed by atoms with Crippen molar-refractivity contribution in [3.05, 3.63) is 82.7 Å². The third-order valence-corrected chi connectivity index (χ3v) is 5.21. The van der Waals surface area contributed by atoms with Crippen molar-refractivity contribution < 1.29 is 4.39 Å². The average Bonchev–Trinajstić information content (AvgIpc) is 2.73. The van der Waals surface area contributed by atoms with E-state index in [4.69, 9.17) is 0 Å². The van der Waals surface area contributed by atoms with Crippen LogP contribution in [-0.4, -0.2) is 0 Å². The fourth-order valence-electron chi connectivity index (χ4n) is 3.45. The Hall–Kier alpha value is -2.59. The Kier molecular flexibility index (Phi) is 7.26. The highest BCUT2D eigenvalue weighted by molar-refractivity contribution is 5.85. The van der Waals surface area contributed by atoms with Crippen molar-refractivity contribution in [3.8, 4) is 11.8 Å². The molecule has 3 aromatic rings. The van der Waals surface area contributed by atoms with Crippen molar-refractivity contribution in [2.24, 2.45) is 0 Å². The molecule has 0 heterocycles. The van der Waals surface area contributed by atoms with Crippen LogP contribution in [0, 0.1) is 17.7 Å². The van der Waals surface area contributed by atoms with E-state index < -0.39 is 0 Å². The number of unbranched alkanes of at least 4 members (excludes halogenated alkanes) is 3. The van der Waals surface area contributed by atoms with Gasteiger partial charge >= 0.3 is 0 Å². The summed E-state index contributed by atoms with van der Waals surface area (Å²) in [7, 11) is 0. The Morgan fingerprint density at radius 2 is 1.43 bits per heavy atom. The van der Waals surface area contributed by atoms with Crippen molar-refractivity contribution in [2.45, 2.75) is 58.8 Å². The molecule has 0 saturated heterocycles. The molecule has 144 valence electrons. The molecule has 0 amide bonds. The molecular weight excluding hydrogens is 343 g/mol. The van der Waals surface area contributed by atoms with Crippen LogP contribution < -0.4 is 0 Å². The third kappa shape index (κ3) is 5.23. The van der Waals surface area contributed by atoms with Gasteiger partial charge in [-0.1, -0.05) is 75.3 Å². The first kappa shape index (κ1) is 20.2. The minimum absolute atomic E-state index is 0.0795. The second kappa shape index (κ2) is 10.1. The second-order valence-electron chi connectivity index (χ2n) is 7.48. The molecular formula is C27H29F. The zero-order valence-corrected chi connectivity index (χ0v) is 17.0. The van der Waals surface area contributed by atoms with E-state index in [0.29, 0.717) is 5.39 Å². The van der Waals surface area contributed by atoms with Crippen molar-refractivity contribution in [1.82, 2.24) is 0 Å². The predicted molar refractivity (Wildman–Crippen MR) is 118 cm³/mol. The lowest BCUT2D eigenvalue weighted by molar-refractivity contribution is 0.614. The number of hydrogen-bond acceptors (Lipinski definition) is 0. The summed E-state index contributed by atoms with van der Waals surface area (Å²) >= 11 is 0. The number of benzene rings is 3. The highest BCUT2D eigenvalue weighted by Crippen LogP contribution is 2.23. The van der Waals surface area contributed by atoms with Gasteiger partial charge in [0.1, 0.15) is 5.82 Å². The summed E-state index contributed by atoms with van der Waals surface area (Å²) in [5, 5.41) is 1.60. The quantitative estimate of drug-likeness (QED) is 0.298. The lowest BCUT2D eigenvalue weighted by Crippen LogP contribution is -1.92. The normalized spacial score (nSPS) is 10.7. The van der Waals surface area contributed by atoms with Gasteiger partial charge < -0.3 is 0 Å². The first-order chi connectivity index (χ1) is 13.7. The second-order valence-corrected chi connectivity index (χ2v) is 7.48. The van der Waals surface area contributed by atoms with Crippen LogP contribution in [0.2, 0.25) is 0 Å². The van der Waals surface area contributed by atoms with E-state index in [-0.39, 0.29) is 5.82 Å². The predicted octanol–water partition coefficient (Wildman–Crippen LogP) is 7.45. The maximum atomic E-state index is 14.7. The summed E-state index contributed by atoms with van der Waals surface area (Å²) in [4.78, 5) is 0. The van der Waals surface area contributed by atoms with E-state index in [1.165, 1.54) is 24.8 Å². The monoisotopic (exact) mass is 372 g/mol. The summed E-state index contributed by atoms with van der Waals surface area (Å²) in [6, 6.07) is 18.2. The molecule has 0 spiro atoms. The van der Waals surface area contributed by atoms with Crippen LogP contribution in [0.3, 0.4) is 0 Å². The van der Waals surface area contributed by atoms with E-state index in [2.05, 4.69) is 50.0 Å². The van der Waals surface area contributed by atoms with Crippen LogP contribution >= 0.6 is 0 Å². The van der Waals surface area contributed by atoms with E-state index in [1.807, 2.05) is 30.3 Å². The molecule has 0 aliphatic heterocycles. The van der Waals surface area contributed by atoms with Crippen LogP contribution in [-0.2, 0) is 12.8 Å². The molecule has 3 rings (SSSR count). The van der Waals surface area contributed by atoms with Crippen LogP contribution in [0.25, 0.3) is 10.8 Å². The smallest absolute Gasteiger partial charge is 0.134 e. The molecule has 0 bridgehead atoms. The summed E-state index contributed by atoms with van der Waals surface area (Å²) in [6.07, 6.45) is 7.81. The zero-order chi connectivity index (χ0) is 19.8. The van der Waals surface area contributed by atoms with Gasteiger partial charge in [-0.25, -0.2) is 4.39 Å². The summed E-state index contributed by atoms with van der Waals surface area (Å²) in [6.45, 7) is 4.36. The van der Waals surface area contributed by atoms with Gasteiger partial charge in [-0.2, -0.15) is 0 Å². The van der Waals surface area contributed by atoms with Crippen molar-refractivity contribution in [2.75, 3.05) is 0 Å². The highest BCUT2D eigenvalue weighted by Gasteiger charge is 2.07. The van der Waals surface area contributed by atoms with Gasteiger partial charge in [-0.3, -0.25) is 0 Å². The van der Waals surface area contributed by atoms with Crippen molar-refractivity contribution in [1.29, 1.82) is 0 Å². The lowest BCUT2D eigenvalue weighted by atomic mass is 10.0. The molecule has 28 heavy (non-hydrogen) atoms. The van der Waals surface area contributed by atoms with Gasteiger partial charge in [0.2, 0.25) is 0 Å². The molecule has 3 aromatic carbocycles. The number of hydrogen-bond donors (Lipinski definition) is 0. The Balaban J connectivity index is 1.74. The molecule has 0 saturated carbocycles. The third-order valence-electron chi connectivity index (χ3n) is 5.21. The molecule has 0 N–H and O–H groups in total. The van der Waals surface area contributed by atoms with E-state index in [1.54, 1.807) is 0 Å². The molecule has 0 aliphatic carbocycles. The fraction of sp³-hybridized carbons (Fsp3) is 0.333. The lowest BCUT2D eigenvalue weighted by Gasteiger charge is -2.06.